The van der Waals surface area contributed by atoms with Gasteiger partial charge >= 0.3 is 0 Å². The summed E-state index contributed by atoms with van der Waals surface area (Å²) in [5.41, 5.74) is 2.12. The standard InChI is InChI=1S/C23H29N3O5/c1-5-16(13-9-11-14(31-4)12-10-13)24-18-19(22(29)21(18)28)25-17-8-6-7-15(20(17)27)23(30)26(2)3/h6-12,16,21,23-25,27-28,30H,5H2,1-4H3/t16-,21?,23?/m1/s1. The van der Waals surface area contributed by atoms with Gasteiger partial charge in [-0.1, -0.05) is 31.2 Å². The predicted octanol–water partition coefficient (Wildman–Crippen LogP) is 2.26. The molecule has 31 heavy (non-hydrogen) atoms. The lowest BCUT2D eigenvalue weighted by atomic mass is 9.92. The molecule has 0 amide bonds. The van der Waals surface area contributed by atoms with Gasteiger partial charge in [0.2, 0.25) is 5.78 Å². The zero-order valence-electron chi connectivity index (χ0n) is 18.1. The van der Waals surface area contributed by atoms with Gasteiger partial charge in [-0.15, -0.1) is 0 Å². The lowest BCUT2D eigenvalue weighted by Crippen LogP contribution is -2.46. The van der Waals surface area contributed by atoms with Crippen LogP contribution in [0, 0.1) is 0 Å². The SMILES string of the molecule is CC[C@@H](NC1=C(Nc2cccc(C(O)N(C)C)c2O)C(=O)C1O)c1ccc(OC)cc1. The third kappa shape index (κ3) is 4.51. The number of carbonyl (C=O) groups excluding carboxylic acids is 1. The number of aromatic hydroxyl groups is 1. The molecule has 0 bridgehead atoms. The number of nitrogens with one attached hydrogen (secondary N) is 2. The van der Waals surface area contributed by atoms with Crippen LogP contribution >= 0.6 is 0 Å². The molecule has 2 aromatic rings. The van der Waals surface area contributed by atoms with E-state index in [4.69, 9.17) is 4.74 Å². The summed E-state index contributed by atoms with van der Waals surface area (Å²) in [6, 6.07) is 12.3. The number of rotatable bonds is 9. The maximum atomic E-state index is 12.3. The van der Waals surface area contributed by atoms with Crippen molar-refractivity contribution in [2.45, 2.75) is 31.7 Å². The molecule has 0 aliphatic heterocycles. The predicted molar refractivity (Wildman–Crippen MR) is 118 cm³/mol. The highest BCUT2D eigenvalue weighted by molar-refractivity contribution is 6.10. The Balaban J connectivity index is 1.87. The largest absolute Gasteiger partial charge is 0.505 e. The zero-order valence-corrected chi connectivity index (χ0v) is 18.1. The molecule has 0 saturated carbocycles. The first-order chi connectivity index (χ1) is 14.8. The number of ether oxygens (including phenoxy) is 1. The first-order valence-corrected chi connectivity index (χ1v) is 10.1. The number of hydrogen-bond donors (Lipinski definition) is 5. The number of aliphatic hydroxyl groups excluding tert-OH is 2. The van der Waals surface area contributed by atoms with E-state index in [0.717, 1.165) is 17.7 Å². The molecule has 166 valence electrons. The molecule has 1 aliphatic carbocycles. The fraction of sp³-hybridized carbons (Fsp3) is 0.348. The third-order valence-electron chi connectivity index (χ3n) is 5.39. The minimum absolute atomic E-state index is 0.129. The zero-order chi connectivity index (χ0) is 22.7. The smallest absolute Gasteiger partial charge is 0.215 e. The molecule has 2 unspecified atom stereocenters. The lowest BCUT2D eigenvalue weighted by Gasteiger charge is -2.33. The van der Waals surface area contributed by atoms with Crippen molar-refractivity contribution in [3.05, 3.63) is 65.0 Å². The number of methoxy groups -OCH3 is 1. The molecule has 5 N–H and O–H groups in total. The van der Waals surface area contributed by atoms with Gasteiger partial charge in [-0.2, -0.15) is 0 Å². The number of phenolic OH excluding ortho intramolecular Hbond substituents is 1. The van der Waals surface area contributed by atoms with Crippen LogP contribution in [0.1, 0.15) is 36.7 Å². The number of para-hydroxylation sites is 1. The van der Waals surface area contributed by atoms with Gasteiger partial charge in [-0.05, 0) is 44.3 Å². The third-order valence-corrected chi connectivity index (χ3v) is 5.39. The van der Waals surface area contributed by atoms with Crippen LogP contribution in [0.3, 0.4) is 0 Å². The van der Waals surface area contributed by atoms with Gasteiger partial charge in [0.1, 0.15) is 23.4 Å². The van der Waals surface area contributed by atoms with E-state index >= 15 is 0 Å². The second kappa shape index (κ2) is 9.38. The van der Waals surface area contributed by atoms with E-state index in [2.05, 4.69) is 10.6 Å². The second-order valence-corrected chi connectivity index (χ2v) is 7.64. The van der Waals surface area contributed by atoms with Gasteiger partial charge < -0.3 is 30.7 Å². The maximum absolute atomic E-state index is 12.3. The molecule has 0 heterocycles. The molecule has 0 saturated heterocycles. The summed E-state index contributed by atoms with van der Waals surface area (Å²) in [6.07, 6.45) is -1.54. The van der Waals surface area contributed by atoms with Crippen LogP contribution in [0.15, 0.2) is 53.9 Å². The monoisotopic (exact) mass is 427 g/mol. The van der Waals surface area contributed by atoms with Gasteiger partial charge in [-0.25, -0.2) is 0 Å². The molecule has 8 heteroatoms. The van der Waals surface area contributed by atoms with Crippen molar-refractivity contribution in [2.24, 2.45) is 0 Å². The highest BCUT2D eigenvalue weighted by Crippen LogP contribution is 2.36. The maximum Gasteiger partial charge on any atom is 0.215 e. The van der Waals surface area contributed by atoms with Crippen LogP contribution in [-0.2, 0) is 4.79 Å². The van der Waals surface area contributed by atoms with Crippen molar-refractivity contribution < 1.29 is 24.9 Å². The van der Waals surface area contributed by atoms with Crippen LogP contribution in [0.25, 0.3) is 0 Å². The van der Waals surface area contributed by atoms with E-state index < -0.39 is 18.1 Å². The molecule has 3 rings (SSSR count). The van der Waals surface area contributed by atoms with E-state index in [-0.39, 0.29) is 23.2 Å². The van der Waals surface area contributed by atoms with Crippen LogP contribution in [0.5, 0.6) is 11.5 Å². The van der Waals surface area contributed by atoms with Crippen molar-refractivity contribution in [3.8, 4) is 11.5 Å². The average molecular weight is 428 g/mol. The van der Waals surface area contributed by atoms with E-state index in [1.165, 1.54) is 0 Å². The van der Waals surface area contributed by atoms with Gasteiger partial charge in [0.15, 0.2) is 6.10 Å². The molecule has 2 aromatic carbocycles. The molecular formula is C23H29N3O5. The van der Waals surface area contributed by atoms with Gasteiger partial charge in [-0.3, -0.25) is 9.69 Å². The minimum atomic E-state index is -1.26. The molecule has 0 fully saturated rings. The number of carbonyl (C=O) groups is 1. The van der Waals surface area contributed by atoms with Crippen molar-refractivity contribution in [3.63, 3.8) is 0 Å². The Kier molecular flexibility index (Phi) is 6.84. The Labute approximate surface area is 181 Å². The van der Waals surface area contributed by atoms with Crippen LogP contribution in [0.2, 0.25) is 0 Å². The molecule has 3 atom stereocenters. The van der Waals surface area contributed by atoms with Crippen molar-refractivity contribution in [2.75, 3.05) is 26.5 Å². The summed E-state index contributed by atoms with van der Waals surface area (Å²) in [4.78, 5) is 13.9. The fourth-order valence-electron chi connectivity index (χ4n) is 3.47. The second-order valence-electron chi connectivity index (χ2n) is 7.64. The Bertz CT molecular complexity index is 972. The first-order valence-electron chi connectivity index (χ1n) is 10.1. The quantitative estimate of drug-likeness (QED) is 0.306. The highest BCUT2D eigenvalue weighted by atomic mass is 16.5. The average Bonchev–Trinajstić information content (AvgIpc) is 2.79. The van der Waals surface area contributed by atoms with Crippen LogP contribution < -0.4 is 15.4 Å². The summed E-state index contributed by atoms with van der Waals surface area (Å²) in [5.74, 6) is 0.117. The number of ketones is 1. The minimum Gasteiger partial charge on any atom is -0.505 e. The van der Waals surface area contributed by atoms with E-state index in [9.17, 15) is 20.1 Å². The van der Waals surface area contributed by atoms with Gasteiger partial charge in [0.05, 0.1) is 24.5 Å². The summed E-state index contributed by atoms with van der Waals surface area (Å²) < 4.78 is 5.19. The Hall–Kier alpha value is -3.07. The summed E-state index contributed by atoms with van der Waals surface area (Å²) in [5, 5.41) is 37.3. The first kappa shape index (κ1) is 22.6. The number of phenols is 1. The molecule has 8 nitrogen and oxygen atoms in total. The number of nitrogens with zero attached hydrogens (tertiary/aromatic N) is 1. The Morgan fingerprint density at radius 2 is 1.84 bits per heavy atom. The molecule has 0 spiro atoms. The van der Waals surface area contributed by atoms with Crippen molar-refractivity contribution in [1.29, 1.82) is 0 Å². The topological polar surface area (TPSA) is 114 Å². The lowest BCUT2D eigenvalue weighted by molar-refractivity contribution is -0.124. The molecule has 0 aromatic heterocycles. The number of Topliss-reactive ketones (excluding diaryl/α,β-unsaturated/α-hetero) is 1. The van der Waals surface area contributed by atoms with Crippen LogP contribution in [-0.4, -0.2) is 53.3 Å². The van der Waals surface area contributed by atoms with Crippen LogP contribution in [0.4, 0.5) is 5.69 Å². The molecule has 0 radical (unpaired) electrons. The number of benzene rings is 2. The van der Waals surface area contributed by atoms with E-state index in [1.54, 1.807) is 44.3 Å². The summed E-state index contributed by atoms with van der Waals surface area (Å²) in [6.45, 7) is 2.00. The molecular weight excluding hydrogens is 398 g/mol. The number of anilines is 1. The highest BCUT2D eigenvalue weighted by Gasteiger charge is 2.39. The molecule has 1 aliphatic rings. The van der Waals surface area contributed by atoms with E-state index in [0.29, 0.717) is 11.3 Å². The summed E-state index contributed by atoms with van der Waals surface area (Å²) in [7, 11) is 4.97. The van der Waals surface area contributed by atoms with Crippen molar-refractivity contribution >= 4 is 11.5 Å². The number of hydrogen-bond acceptors (Lipinski definition) is 8. The Morgan fingerprint density at radius 1 is 1.16 bits per heavy atom. The van der Waals surface area contributed by atoms with E-state index in [1.807, 2.05) is 31.2 Å². The Morgan fingerprint density at radius 3 is 2.42 bits per heavy atom. The fourth-order valence-corrected chi connectivity index (χ4v) is 3.47. The van der Waals surface area contributed by atoms with Gasteiger partial charge in [0.25, 0.3) is 0 Å². The van der Waals surface area contributed by atoms with Gasteiger partial charge in [0, 0.05) is 5.56 Å². The normalized spacial score (nSPS) is 17.9. The van der Waals surface area contributed by atoms with Crippen molar-refractivity contribution in [1.82, 2.24) is 10.2 Å². The summed E-state index contributed by atoms with van der Waals surface area (Å²) >= 11 is 0. The number of aliphatic hydroxyl groups is 2.